The van der Waals surface area contributed by atoms with Gasteiger partial charge in [-0.1, -0.05) is 62.4 Å². The number of alkyl carbamates (subject to hydrolysis) is 1. The topological polar surface area (TPSA) is 78.9 Å². The third-order valence-electron chi connectivity index (χ3n) is 6.02. The number of rotatable bonds is 4. The van der Waals surface area contributed by atoms with Crippen molar-refractivity contribution in [1.82, 2.24) is 10.2 Å². The molecule has 1 fully saturated rings. The van der Waals surface area contributed by atoms with E-state index in [1.165, 1.54) is 27.2 Å². The molecule has 1 saturated heterocycles. The van der Waals surface area contributed by atoms with E-state index in [9.17, 15) is 14.7 Å². The Bertz CT molecular complexity index is 881. The number of hydrogen-bond donors (Lipinski definition) is 2. The lowest BCUT2D eigenvalue weighted by atomic mass is 9.98. The van der Waals surface area contributed by atoms with E-state index in [-0.39, 0.29) is 30.5 Å². The minimum Gasteiger partial charge on any atom is -0.465 e. The first-order chi connectivity index (χ1) is 14.0. The molecule has 2 aromatic rings. The Balaban J connectivity index is 1.40. The van der Waals surface area contributed by atoms with Gasteiger partial charge in [0.15, 0.2) is 0 Å². The van der Waals surface area contributed by atoms with Crippen molar-refractivity contribution in [3.8, 4) is 11.1 Å². The summed E-state index contributed by atoms with van der Waals surface area (Å²) in [5.74, 6) is 0.205. The predicted molar refractivity (Wildman–Crippen MR) is 110 cm³/mol. The molecule has 0 radical (unpaired) electrons. The van der Waals surface area contributed by atoms with Crippen LogP contribution in [0, 0.1) is 5.92 Å². The lowest BCUT2D eigenvalue weighted by molar-refractivity contribution is 0.127. The summed E-state index contributed by atoms with van der Waals surface area (Å²) in [6, 6.07) is 16.1. The van der Waals surface area contributed by atoms with Crippen LogP contribution in [0.1, 0.15) is 37.3 Å². The Morgan fingerprint density at radius 2 is 1.69 bits per heavy atom. The summed E-state index contributed by atoms with van der Waals surface area (Å²) in [6.45, 7) is 4.54. The van der Waals surface area contributed by atoms with Crippen LogP contribution in [0.3, 0.4) is 0 Å². The average Bonchev–Trinajstić information content (AvgIpc) is 3.26. The number of nitrogens with zero attached hydrogens (tertiary/aromatic N) is 1. The summed E-state index contributed by atoms with van der Waals surface area (Å²) in [7, 11) is 0. The van der Waals surface area contributed by atoms with Gasteiger partial charge in [0, 0.05) is 18.5 Å². The fraction of sp³-hybridized carbons (Fsp3) is 0.391. The fourth-order valence-corrected chi connectivity index (χ4v) is 4.63. The van der Waals surface area contributed by atoms with Crippen molar-refractivity contribution in [2.45, 2.75) is 38.3 Å². The van der Waals surface area contributed by atoms with Crippen molar-refractivity contribution in [3.63, 3.8) is 0 Å². The third kappa shape index (κ3) is 3.67. The Kier molecular flexibility index (Phi) is 5.18. The molecule has 1 aliphatic heterocycles. The molecule has 152 valence electrons. The molecular weight excluding hydrogens is 368 g/mol. The minimum absolute atomic E-state index is 0.00987. The highest BCUT2D eigenvalue weighted by molar-refractivity contribution is 5.79. The van der Waals surface area contributed by atoms with E-state index in [4.69, 9.17) is 4.74 Å². The molecule has 2 atom stereocenters. The van der Waals surface area contributed by atoms with Crippen LogP contribution < -0.4 is 5.32 Å². The normalized spacial score (nSPS) is 20.4. The summed E-state index contributed by atoms with van der Waals surface area (Å²) in [5, 5.41) is 12.3. The molecule has 0 bridgehead atoms. The Labute approximate surface area is 170 Å². The maximum Gasteiger partial charge on any atom is 0.407 e. The number of benzene rings is 2. The number of hydrogen-bond acceptors (Lipinski definition) is 3. The largest absolute Gasteiger partial charge is 0.465 e. The first-order valence-corrected chi connectivity index (χ1v) is 10.1. The van der Waals surface area contributed by atoms with Crippen LogP contribution in [0.2, 0.25) is 0 Å². The first kappa shape index (κ1) is 19.3. The molecule has 0 saturated carbocycles. The van der Waals surface area contributed by atoms with Gasteiger partial charge < -0.3 is 20.1 Å². The van der Waals surface area contributed by atoms with Crippen molar-refractivity contribution in [3.05, 3.63) is 59.7 Å². The van der Waals surface area contributed by atoms with E-state index >= 15 is 0 Å². The second-order valence-electron chi connectivity index (χ2n) is 8.15. The Hall–Kier alpha value is -3.02. The highest BCUT2D eigenvalue weighted by atomic mass is 16.5. The number of carbonyl (C=O) groups excluding carboxylic acids is 1. The molecule has 0 spiro atoms. The number of carboxylic acid groups (broad SMARTS) is 1. The lowest BCUT2D eigenvalue weighted by Gasteiger charge is -2.24. The average molecular weight is 394 g/mol. The molecule has 2 aromatic carbocycles. The molecule has 1 aliphatic carbocycles. The standard InChI is InChI=1S/C23H26N2O4/c1-14(2)21-11-15(12-25(21)23(27)28)24-22(26)29-13-20-18-9-5-3-7-16(18)17-8-4-6-10-19(17)20/h3-10,14-15,20-21H,11-13H2,1-2H3,(H,24,26)(H,27,28)/t15-,21-/m1/s1. The van der Waals surface area contributed by atoms with E-state index in [1.54, 1.807) is 0 Å². The number of ether oxygens (including phenoxy) is 1. The minimum atomic E-state index is -0.944. The number of carbonyl (C=O) groups is 2. The Morgan fingerprint density at radius 3 is 2.21 bits per heavy atom. The molecular formula is C23H26N2O4. The maximum absolute atomic E-state index is 12.4. The van der Waals surface area contributed by atoms with Crippen LogP contribution in [0.25, 0.3) is 11.1 Å². The monoisotopic (exact) mass is 394 g/mol. The molecule has 0 unspecified atom stereocenters. The molecule has 0 aromatic heterocycles. The molecule has 6 heteroatoms. The highest BCUT2D eigenvalue weighted by Gasteiger charge is 2.38. The zero-order chi connectivity index (χ0) is 20.5. The van der Waals surface area contributed by atoms with Crippen LogP contribution in [0.15, 0.2) is 48.5 Å². The van der Waals surface area contributed by atoms with E-state index < -0.39 is 12.2 Å². The maximum atomic E-state index is 12.4. The predicted octanol–water partition coefficient (Wildman–Crippen LogP) is 4.30. The van der Waals surface area contributed by atoms with Crippen molar-refractivity contribution < 1.29 is 19.4 Å². The summed E-state index contributed by atoms with van der Waals surface area (Å²) >= 11 is 0. The number of nitrogens with one attached hydrogen (secondary N) is 1. The van der Waals surface area contributed by atoms with Crippen LogP contribution in [-0.2, 0) is 4.74 Å². The first-order valence-electron chi connectivity index (χ1n) is 10.1. The van der Waals surface area contributed by atoms with Crippen molar-refractivity contribution in [2.24, 2.45) is 5.92 Å². The summed E-state index contributed by atoms with van der Waals surface area (Å²) in [4.78, 5) is 25.3. The van der Waals surface area contributed by atoms with Gasteiger partial charge in [0.1, 0.15) is 6.61 Å². The number of likely N-dealkylation sites (tertiary alicyclic amines) is 1. The summed E-state index contributed by atoms with van der Waals surface area (Å²) < 4.78 is 5.58. The smallest absolute Gasteiger partial charge is 0.407 e. The molecule has 29 heavy (non-hydrogen) atoms. The van der Waals surface area contributed by atoms with Gasteiger partial charge in [-0.05, 0) is 34.6 Å². The molecule has 1 heterocycles. The molecule has 6 nitrogen and oxygen atoms in total. The van der Waals surface area contributed by atoms with Gasteiger partial charge in [-0.2, -0.15) is 0 Å². The number of fused-ring (bicyclic) bond motifs is 3. The van der Waals surface area contributed by atoms with E-state index in [1.807, 2.05) is 38.1 Å². The fourth-order valence-electron chi connectivity index (χ4n) is 4.63. The summed E-state index contributed by atoms with van der Waals surface area (Å²) in [6.07, 6.45) is -0.833. The van der Waals surface area contributed by atoms with Gasteiger partial charge in [-0.15, -0.1) is 0 Å². The second-order valence-corrected chi connectivity index (χ2v) is 8.15. The Morgan fingerprint density at radius 1 is 1.10 bits per heavy atom. The zero-order valence-electron chi connectivity index (χ0n) is 16.7. The summed E-state index contributed by atoms with van der Waals surface area (Å²) in [5.41, 5.74) is 4.70. The van der Waals surface area contributed by atoms with Crippen LogP contribution in [0.5, 0.6) is 0 Å². The highest BCUT2D eigenvalue weighted by Crippen LogP contribution is 2.44. The number of amides is 2. The van der Waals surface area contributed by atoms with Crippen LogP contribution >= 0.6 is 0 Å². The van der Waals surface area contributed by atoms with Crippen molar-refractivity contribution in [1.29, 1.82) is 0 Å². The quantitative estimate of drug-likeness (QED) is 0.810. The van der Waals surface area contributed by atoms with Gasteiger partial charge >= 0.3 is 12.2 Å². The van der Waals surface area contributed by atoms with Crippen molar-refractivity contribution in [2.75, 3.05) is 13.2 Å². The molecule has 4 rings (SSSR count). The molecule has 2 amide bonds. The van der Waals surface area contributed by atoms with Gasteiger partial charge in [0.25, 0.3) is 0 Å². The molecule has 2 N–H and O–H groups in total. The van der Waals surface area contributed by atoms with Gasteiger partial charge in [0.05, 0.1) is 6.04 Å². The zero-order valence-corrected chi connectivity index (χ0v) is 16.7. The second kappa shape index (κ2) is 7.78. The SMILES string of the molecule is CC(C)[C@H]1C[C@@H](NC(=O)OCC2c3ccccc3-c3ccccc32)CN1C(=O)O. The van der Waals surface area contributed by atoms with E-state index in [0.29, 0.717) is 13.0 Å². The van der Waals surface area contributed by atoms with E-state index in [0.717, 1.165) is 0 Å². The van der Waals surface area contributed by atoms with Crippen LogP contribution in [-0.4, -0.2) is 47.4 Å². The third-order valence-corrected chi connectivity index (χ3v) is 6.02. The van der Waals surface area contributed by atoms with Crippen molar-refractivity contribution >= 4 is 12.2 Å². The van der Waals surface area contributed by atoms with Gasteiger partial charge in [-0.25, -0.2) is 9.59 Å². The van der Waals surface area contributed by atoms with Crippen LogP contribution in [0.4, 0.5) is 9.59 Å². The van der Waals surface area contributed by atoms with Gasteiger partial charge in [0.2, 0.25) is 0 Å². The van der Waals surface area contributed by atoms with Gasteiger partial charge in [-0.3, -0.25) is 0 Å². The van der Waals surface area contributed by atoms with E-state index in [2.05, 4.69) is 29.6 Å². The molecule has 2 aliphatic rings. The lowest BCUT2D eigenvalue weighted by Crippen LogP contribution is -2.40.